The molecule has 0 saturated heterocycles. The van der Waals surface area contributed by atoms with E-state index in [1.165, 1.54) is 0 Å². The fraction of sp³-hybridized carbons (Fsp3) is 0.333. The molecule has 0 atom stereocenters. The van der Waals surface area contributed by atoms with Gasteiger partial charge < -0.3 is 16.2 Å². The normalized spacial score (nSPS) is 11.7. The Hall–Kier alpha value is -1.97. The van der Waals surface area contributed by atoms with Crippen molar-refractivity contribution in [3.63, 3.8) is 0 Å². The van der Waals surface area contributed by atoms with E-state index in [4.69, 9.17) is 11.5 Å². The van der Waals surface area contributed by atoms with Gasteiger partial charge >= 0.3 is 6.36 Å². The lowest BCUT2D eigenvalue weighted by Crippen LogP contribution is -2.23. The van der Waals surface area contributed by atoms with Crippen LogP contribution in [0.3, 0.4) is 0 Å². The third kappa shape index (κ3) is 3.74. The van der Waals surface area contributed by atoms with E-state index in [2.05, 4.69) is 9.72 Å². The Kier molecular flexibility index (Phi) is 4.24. The van der Waals surface area contributed by atoms with Crippen molar-refractivity contribution in [2.45, 2.75) is 19.3 Å². The molecule has 0 aliphatic heterocycles. The van der Waals surface area contributed by atoms with Crippen LogP contribution in [-0.4, -0.2) is 17.3 Å². The van der Waals surface area contributed by atoms with Crippen LogP contribution in [0.15, 0.2) is 6.07 Å². The van der Waals surface area contributed by atoms with Gasteiger partial charge in [-0.1, -0.05) is 0 Å². The maximum atomic E-state index is 12.6. The molecule has 0 radical (unpaired) electrons. The Morgan fingerprint density at radius 1 is 1.42 bits per heavy atom. The van der Waals surface area contributed by atoms with Crippen molar-refractivity contribution in [2.75, 3.05) is 0 Å². The van der Waals surface area contributed by atoms with Crippen LogP contribution in [0.1, 0.15) is 28.2 Å². The summed E-state index contributed by atoms with van der Waals surface area (Å²) in [4.78, 5) is 14.2. The van der Waals surface area contributed by atoms with Crippen molar-refractivity contribution < 1.29 is 31.5 Å². The maximum Gasteiger partial charge on any atom is 0.573 e. The van der Waals surface area contributed by atoms with Gasteiger partial charge in [0.1, 0.15) is 0 Å². The maximum absolute atomic E-state index is 12.6. The molecular weight excluding hydrogens is 277 g/mol. The van der Waals surface area contributed by atoms with E-state index in [0.29, 0.717) is 6.07 Å². The van der Waals surface area contributed by atoms with Crippen LogP contribution >= 0.6 is 0 Å². The van der Waals surface area contributed by atoms with Gasteiger partial charge in [-0.2, -0.15) is 0 Å². The average molecular weight is 285 g/mol. The lowest BCUT2D eigenvalue weighted by molar-refractivity contribution is -0.274. The van der Waals surface area contributed by atoms with Gasteiger partial charge in [0, 0.05) is 12.1 Å². The fourth-order valence-corrected chi connectivity index (χ4v) is 1.28. The standard InChI is InChI=1S/C9H8F5N3O2/c10-7(11)3-1-5(19-9(12,13)14)6(8(16)18)17-4(3)2-15/h1,7H,2,15H2,(H2,16,18). The summed E-state index contributed by atoms with van der Waals surface area (Å²) in [5.41, 5.74) is 7.73. The molecular formula is C9H8F5N3O2. The quantitative estimate of drug-likeness (QED) is 0.819. The zero-order valence-corrected chi connectivity index (χ0v) is 9.17. The van der Waals surface area contributed by atoms with Gasteiger partial charge in [0.05, 0.1) is 5.69 Å². The van der Waals surface area contributed by atoms with Crippen molar-refractivity contribution >= 4 is 5.91 Å². The first-order valence-corrected chi connectivity index (χ1v) is 4.73. The van der Waals surface area contributed by atoms with Crippen molar-refractivity contribution in [1.29, 1.82) is 0 Å². The number of pyridine rings is 1. The molecule has 0 aliphatic rings. The Labute approximate surface area is 103 Å². The van der Waals surface area contributed by atoms with E-state index in [9.17, 15) is 26.7 Å². The third-order valence-electron chi connectivity index (χ3n) is 1.99. The molecule has 0 bridgehead atoms. The first-order chi connectivity index (χ1) is 8.65. The molecule has 5 nitrogen and oxygen atoms in total. The van der Waals surface area contributed by atoms with Crippen molar-refractivity contribution in [1.82, 2.24) is 4.98 Å². The van der Waals surface area contributed by atoms with Crippen LogP contribution in [0, 0.1) is 0 Å². The van der Waals surface area contributed by atoms with E-state index in [0.717, 1.165) is 0 Å². The number of alkyl halides is 5. The minimum Gasteiger partial charge on any atom is -0.403 e. The summed E-state index contributed by atoms with van der Waals surface area (Å²) in [6.45, 7) is -0.494. The number of amides is 1. The molecule has 1 rings (SSSR count). The minimum absolute atomic E-state index is 0.355. The molecule has 1 amide bonds. The van der Waals surface area contributed by atoms with Gasteiger partial charge in [-0.15, -0.1) is 13.2 Å². The van der Waals surface area contributed by atoms with Gasteiger partial charge in [0.2, 0.25) is 0 Å². The number of nitrogens with zero attached hydrogens (tertiary/aromatic N) is 1. The SMILES string of the molecule is NCc1nc(C(N)=O)c(OC(F)(F)F)cc1C(F)F. The molecule has 0 unspecified atom stereocenters. The van der Waals surface area contributed by atoms with E-state index in [1.807, 2.05) is 0 Å². The van der Waals surface area contributed by atoms with E-state index >= 15 is 0 Å². The first-order valence-electron chi connectivity index (χ1n) is 4.73. The highest BCUT2D eigenvalue weighted by molar-refractivity contribution is 5.93. The number of aromatic nitrogens is 1. The molecule has 4 N–H and O–H groups in total. The second-order valence-corrected chi connectivity index (χ2v) is 3.29. The number of ether oxygens (including phenoxy) is 1. The molecule has 0 aromatic carbocycles. The number of rotatable bonds is 4. The van der Waals surface area contributed by atoms with Crippen molar-refractivity contribution in [3.8, 4) is 5.75 Å². The molecule has 0 fully saturated rings. The third-order valence-corrected chi connectivity index (χ3v) is 1.99. The molecule has 0 spiro atoms. The predicted molar refractivity (Wildman–Crippen MR) is 52.3 cm³/mol. The molecule has 1 aromatic rings. The van der Waals surface area contributed by atoms with Crippen molar-refractivity contribution in [3.05, 3.63) is 23.0 Å². The van der Waals surface area contributed by atoms with Gasteiger partial charge in [0.15, 0.2) is 11.4 Å². The lowest BCUT2D eigenvalue weighted by Gasteiger charge is -2.14. The predicted octanol–water partition coefficient (Wildman–Crippen LogP) is 1.48. The van der Waals surface area contributed by atoms with Crippen LogP contribution in [0.25, 0.3) is 0 Å². The summed E-state index contributed by atoms with van der Waals surface area (Å²) >= 11 is 0. The number of hydrogen-bond acceptors (Lipinski definition) is 4. The Morgan fingerprint density at radius 3 is 2.37 bits per heavy atom. The molecule has 19 heavy (non-hydrogen) atoms. The van der Waals surface area contributed by atoms with Crippen LogP contribution < -0.4 is 16.2 Å². The largest absolute Gasteiger partial charge is 0.573 e. The zero-order chi connectivity index (χ0) is 14.8. The summed E-state index contributed by atoms with van der Waals surface area (Å²) in [5, 5.41) is 0. The number of hydrogen-bond donors (Lipinski definition) is 2. The highest BCUT2D eigenvalue weighted by Crippen LogP contribution is 2.31. The van der Waals surface area contributed by atoms with Gasteiger partial charge in [0.25, 0.3) is 12.3 Å². The number of carbonyl (C=O) groups excluding carboxylic acids is 1. The summed E-state index contributed by atoms with van der Waals surface area (Å²) in [7, 11) is 0. The Bertz CT molecular complexity index is 489. The topological polar surface area (TPSA) is 91.2 Å². The molecule has 0 aliphatic carbocycles. The second kappa shape index (κ2) is 5.34. The highest BCUT2D eigenvalue weighted by Gasteiger charge is 2.34. The average Bonchev–Trinajstić information content (AvgIpc) is 2.25. The molecule has 1 heterocycles. The Balaban J connectivity index is 3.41. The van der Waals surface area contributed by atoms with Crippen LogP contribution in [0.5, 0.6) is 5.75 Å². The summed E-state index contributed by atoms with van der Waals surface area (Å²) in [6, 6.07) is 0.355. The number of nitrogens with two attached hydrogens (primary N) is 2. The molecule has 1 aromatic heterocycles. The van der Waals surface area contributed by atoms with Crippen LogP contribution in [-0.2, 0) is 6.54 Å². The molecule has 106 valence electrons. The van der Waals surface area contributed by atoms with Gasteiger partial charge in [-0.3, -0.25) is 4.79 Å². The number of primary amides is 1. The monoisotopic (exact) mass is 285 g/mol. The van der Waals surface area contributed by atoms with Gasteiger partial charge in [-0.25, -0.2) is 13.8 Å². The fourth-order valence-electron chi connectivity index (χ4n) is 1.28. The van der Waals surface area contributed by atoms with E-state index < -0.39 is 47.9 Å². The molecule has 0 saturated carbocycles. The summed E-state index contributed by atoms with van der Waals surface area (Å²) in [5.74, 6) is -2.54. The lowest BCUT2D eigenvalue weighted by atomic mass is 10.1. The smallest absolute Gasteiger partial charge is 0.403 e. The number of halogens is 5. The molecule has 10 heteroatoms. The van der Waals surface area contributed by atoms with Crippen LogP contribution in [0.4, 0.5) is 22.0 Å². The first kappa shape index (κ1) is 15.1. The van der Waals surface area contributed by atoms with E-state index in [1.54, 1.807) is 0 Å². The second-order valence-electron chi connectivity index (χ2n) is 3.29. The zero-order valence-electron chi connectivity index (χ0n) is 9.17. The van der Waals surface area contributed by atoms with Crippen molar-refractivity contribution in [2.24, 2.45) is 11.5 Å². The van der Waals surface area contributed by atoms with Crippen LogP contribution in [0.2, 0.25) is 0 Å². The summed E-state index contributed by atoms with van der Waals surface area (Å²) in [6.07, 6.45) is -8.29. The summed E-state index contributed by atoms with van der Waals surface area (Å²) < 4.78 is 64.9. The van der Waals surface area contributed by atoms with E-state index in [-0.39, 0.29) is 0 Å². The Morgan fingerprint density at radius 2 is 2.00 bits per heavy atom. The minimum atomic E-state index is -5.17. The van der Waals surface area contributed by atoms with Gasteiger partial charge in [-0.05, 0) is 6.07 Å². The highest BCUT2D eigenvalue weighted by atomic mass is 19.4. The number of carbonyl (C=O) groups is 1.